The van der Waals surface area contributed by atoms with Gasteiger partial charge < -0.3 is 9.94 Å². The molecule has 0 saturated carbocycles. The van der Waals surface area contributed by atoms with Crippen LogP contribution < -0.4 is 5.90 Å². The molecule has 0 saturated heterocycles. The second kappa shape index (κ2) is 4.74. The van der Waals surface area contributed by atoms with E-state index < -0.39 is 18.0 Å². The minimum absolute atomic E-state index is 0.633. The molecule has 0 amide bonds. The monoisotopic (exact) mass is 195 g/mol. The topological polar surface area (TPSA) is 72.5 Å². The summed E-state index contributed by atoms with van der Waals surface area (Å²) in [6, 6.07) is 8.89. The number of hydrogen-bond donors (Lipinski definition) is 2. The van der Waals surface area contributed by atoms with Crippen molar-refractivity contribution >= 4 is 5.97 Å². The molecular weight excluding hydrogens is 182 g/mol. The number of aliphatic hydroxyl groups excluding tert-OH is 1. The minimum Gasteiger partial charge on any atom is -0.392 e. The molecule has 14 heavy (non-hydrogen) atoms. The van der Waals surface area contributed by atoms with E-state index in [0.29, 0.717) is 5.56 Å². The maximum absolute atomic E-state index is 11.2. The first-order valence-electron chi connectivity index (χ1n) is 4.30. The maximum Gasteiger partial charge on any atom is 0.334 e. The van der Waals surface area contributed by atoms with Crippen LogP contribution in [0.25, 0.3) is 0 Å². The number of rotatable bonds is 3. The first-order valence-corrected chi connectivity index (χ1v) is 4.30. The summed E-state index contributed by atoms with van der Waals surface area (Å²) in [7, 11) is 0. The average molecular weight is 195 g/mol. The quantitative estimate of drug-likeness (QED) is 0.691. The molecule has 0 aliphatic rings. The SMILES string of the molecule is CC(O)C(C(=O)ON)c1ccccc1. The molecular formula is C10H13NO3. The molecule has 0 fully saturated rings. The molecule has 1 aromatic rings. The van der Waals surface area contributed by atoms with Gasteiger partial charge in [0.2, 0.25) is 0 Å². The Morgan fingerprint density at radius 2 is 2.00 bits per heavy atom. The van der Waals surface area contributed by atoms with Crippen LogP contribution in [0.4, 0.5) is 0 Å². The van der Waals surface area contributed by atoms with Crippen LogP contribution in [0.2, 0.25) is 0 Å². The number of aliphatic hydroxyl groups is 1. The van der Waals surface area contributed by atoms with Crippen molar-refractivity contribution in [3.8, 4) is 0 Å². The van der Waals surface area contributed by atoms with Crippen molar-refractivity contribution in [3.63, 3.8) is 0 Å². The van der Waals surface area contributed by atoms with Gasteiger partial charge in [-0.3, -0.25) is 0 Å². The normalized spacial score (nSPS) is 14.5. The molecule has 2 atom stereocenters. The molecule has 1 aromatic carbocycles. The highest BCUT2D eigenvalue weighted by Crippen LogP contribution is 2.20. The zero-order valence-electron chi connectivity index (χ0n) is 7.88. The predicted molar refractivity (Wildman–Crippen MR) is 51.1 cm³/mol. The third-order valence-corrected chi connectivity index (χ3v) is 2.01. The standard InChI is InChI=1S/C10H13NO3/c1-7(12)9(10(13)14-11)8-5-3-2-4-6-8/h2-7,9,12H,11H2,1H3. The maximum atomic E-state index is 11.2. The van der Waals surface area contributed by atoms with Gasteiger partial charge in [-0.1, -0.05) is 30.3 Å². The fraction of sp³-hybridized carbons (Fsp3) is 0.300. The molecule has 0 aliphatic carbocycles. The summed E-state index contributed by atoms with van der Waals surface area (Å²) in [5, 5.41) is 9.41. The van der Waals surface area contributed by atoms with Gasteiger partial charge in [0.25, 0.3) is 0 Å². The summed E-state index contributed by atoms with van der Waals surface area (Å²) in [5.74, 6) is 3.43. The summed E-state index contributed by atoms with van der Waals surface area (Å²) in [6.45, 7) is 1.52. The van der Waals surface area contributed by atoms with Crippen LogP contribution in [0.15, 0.2) is 30.3 Å². The van der Waals surface area contributed by atoms with Crippen molar-refractivity contribution in [2.75, 3.05) is 0 Å². The Hall–Kier alpha value is -1.39. The molecule has 4 heteroatoms. The van der Waals surface area contributed by atoms with Crippen LogP contribution in [0.5, 0.6) is 0 Å². The Balaban J connectivity index is 2.95. The van der Waals surface area contributed by atoms with E-state index in [1.54, 1.807) is 24.3 Å². The van der Waals surface area contributed by atoms with E-state index in [1.165, 1.54) is 6.92 Å². The van der Waals surface area contributed by atoms with E-state index in [-0.39, 0.29) is 0 Å². The Kier molecular flexibility index (Phi) is 3.62. The Morgan fingerprint density at radius 3 is 2.43 bits per heavy atom. The lowest BCUT2D eigenvalue weighted by molar-refractivity contribution is -0.148. The zero-order valence-corrected chi connectivity index (χ0v) is 7.88. The number of hydrogen-bond acceptors (Lipinski definition) is 4. The van der Waals surface area contributed by atoms with Crippen LogP contribution in [-0.2, 0) is 9.63 Å². The van der Waals surface area contributed by atoms with E-state index in [0.717, 1.165) is 0 Å². The third-order valence-electron chi connectivity index (χ3n) is 2.01. The lowest BCUT2D eigenvalue weighted by Crippen LogP contribution is -2.27. The fourth-order valence-electron chi connectivity index (χ4n) is 1.35. The smallest absolute Gasteiger partial charge is 0.334 e. The van der Waals surface area contributed by atoms with Crippen LogP contribution >= 0.6 is 0 Å². The van der Waals surface area contributed by atoms with Gasteiger partial charge in [0.1, 0.15) is 5.92 Å². The summed E-state index contributed by atoms with van der Waals surface area (Å²) in [4.78, 5) is 15.4. The lowest BCUT2D eigenvalue weighted by atomic mass is 9.94. The minimum atomic E-state index is -0.826. The number of nitrogens with two attached hydrogens (primary N) is 1. The molecule has 0 radical (unpaired) electrons. The van der Waals surface area contributed by atoms with Crippen molar-refractivity contribution in [2.24, 2.45) is 5.90 Å². The molecule has 0 spiro atoms. The summed E-state index contributed by atoms with van der Waals surface area (Å²) >= 11 is 0. The summed E-state index contributed by atoms with van der Waals surface area (Å²) in [5.41, 5.74) is 0.693. The highest BCUT2D eigenvalue weighted by molar-refractivity contribution is 5.78. The van der Waals surface area contributed by atoms with E-state index in [4.69, 9.17) is 5.90 Å². The van der Waals surface area contributed by atoms with Gasteiger partial charge in [-0.05, 0) is 12.5 Å². The van der Waals surface area contributed by atoms with E-state index in [9.17, 15) is 9.90 Å². The molecule has 0 heterocycles. The Bertz CT molecular complexity index is 297. The van der Waals surface area contributed by atoms with Crippen molar-refractivity contribution < 1.29 is 14.7 Å². The van der Waals surface area contributed by atoms with Crippen LogP contribution in [0, 0.1) is 0 Å². The summed E-state index contributed by atoms with van der Waals surface area (Å²) in [6.07, 6.45) is -0.826. The van der Waals surface area contributed by atoms with Crippen LogP contribution in [-0.4, -0.2) is 17.2 Å². The second-order valence-electron chi connectivity index (χ2n) is 3.07. The van der Waals surface area contributed by atoms with E-state index in [1.807, 2.05) is 6.07 Å². The van der Waals surface area contributed by atoms with Gasteiger partial charge in [-0.2, -0.15) is 5.90 Å². The molecule has 76 valence electrons. The van der Waals surface area contributed by atoms with Gasteiger partial charge in [0.05, 0.1) is 6.10 Å². The van der Waals surface area contributed by atoms with Crippen molar-refractivity contribution in [2.45, 2.75) is 18.9 Å². The van der Waals surface area contributed by atoms with Gasteiger partial charge >= 0.3 is 5.97 Å². The highest BCUT2D eigenvalue weighted by atomic mass is 16.7. The fourth-order valence-corrected chi connectivity index (χ4v) is 1.35. The van der Waals surface area contributed by atoms with E-state index in [2.05, 4.69) is 4.84 Å². The lowest BCUT2D eigenvalue weighted by Gasteiger charge is -2.16. The number of carbonyl (C=O) groups excluding carboxylic acids is 1. The number of carbonyl (C=O) groups is 1. The molecule has 4 nitrogen and oxygen atoms in total. The Labute approximate surface area is 82.3 Å². The molecule has 0 aliphatic heterocycles. The average Bonchev–Trinajstić information content (AvgIpc) is 2.19. The van der Waals surface area contributed by atoms with E-state index >= 15 is 0 Å². The molecule has 0 aromatic heterocycles. The van der Waals surface area contributed by atoms with Gasteiger partial charge in [0.15, 0.2) is 0 Å². The Morgan fingerprint density at radius 1 is 1.43 bits per heavy atom. The van der Waals surface area contributed by atoms with Crippen molar-refractivity contribution in [1.82, 2.24) is 0 Å². The number of benzene rings is 1. The first-order chi connectivity index (χ1) is 6.66. The van der Waals surface area contributed by atoms with Crippen molar-refractivity contribution in [3.05, 3.63) is 35.9 Å². The zero-order chi connectivity index (χ0) is 10.6. The second-order valence-corrected chi connectivity index (χ2v) is 3.07. The third kappa shape index (κ3) is 2.31. The largest absolute Gasteiger partial charge is 0.392 e. The van der Waals surface area contributed by atoms with Crippen LogP contribution in [0.1, 0.15) is 18.4 Å². The predicted octanol–water partition coefficient (Wildman–Crippen LogP) is 0.568. The van der Waals surface area contributed by atoms with Gasteiger partial charge in [0, 0.05) is 0 Å². The first kappa shape index (κ1) is 10.7. The highest BCUT2D eigenvalue weighted by Gasteiger charge is 2.26. The molecule has 2 unspecified atom stereocenters. The van der Waals surface area contributed by atoms with Crippen LogP contribution in [0.3, 0.4) is 0 Å². The molecule has 3 N–H and O–H groups in total. The summed E-state index contributed by atoms with van der Waals surface area (Å²) < 4.78 is 0. The molecule has 1 rings (SSSR count). The van der Waals surface area contributed by atoms with Gasteiger partial charge in [-0.15, -0.1) is 0 Å². The van der Waals surface area contributed by atoms with Gasteiger partial charge in [-0.25, -0.2) is 4.79 Å². The van der Waals surface area contributed by atoms with Crippen molar-refractivity contribution in [1.29, 1.82) is 0 Å². The molecule has 0 bridgehead atoms.